The van der Waals surface area contributed by atoms with E-state index in [9.17, 15) is 0 Å². The van der Waals surface area contributed by atoms with Crippen molar-refractivity contribution in [3.05, 3.63) is 23.8 Å². The highest BCUT2D eigenvalue weighted by atomic mass is 16.7. The van der Waals surface area contributed by atoms with Gasteiger partial charge in [0.15, 0.2) is 6.29 Å². The smallest absolute Gasteiger partial charge is 0.182 e. The molecule has 0 aliphatic rings. The molecule has 0 atom stereocenters. The minimum absolute atomic E-state index is 0.240. The van der Waals surface area contributed by atoms with Crippen LogP contribution in [0.1, 0.15) is 13.8 Å². The molecule has 2 nitrogen and oxygen atoms in total. The summed E-state index contributed by atoms with van der Waals surface area (Å²) < 4.78 is 10.1. The van der Waals surface area contributed by atoms with Crippen molar-refractivity contribution in [1.82, 2.24) is 0 Å². The fourth-order valence-electron chi connectivity index (χ4n) is 0.872. The molecule has 0 bridgehead atoms. The molecule has 0 aromatic rings. The first-order chi connectivity index (χ1) is 5.29. The van der Waals surface area contributed by atoms with Gasteiger partial charge < -0.3 is 9.47 Å². The van der Waals surface area contributed by atoms with E-state index in [0.29, 0.717) is 0 Å². The Morgan fingerprint density at radius 2 is 1.73 bits per heavy atom. The molecule has 0 aromatic heterocycles. The van der Waals surface area contributed by atoms with E-state index in [0.717, 1.165) is 5.57 Å². The molecule has 0 fully saturated rings. The zero-order chi connectivity index (χ0) is 8.69. The van der Waals surface area contributed by atoms with Crippen LogP contribution < -0.4 is 0 Å². The summed E-state index contributed by atoms with van der Waals surface area (Å²) in [5, 5.41) is 0. The molecule has 0 unspecified atom stereocenters. The van der Waals surface area contributed by atoms with E-state index in [4.69, 9.17) is 9.47 Å². The minimum Gasteiger partial charge on any atom is -0.352 e. The molecule has 0 spiro atoms. The summed E-state index contributed by atoms with van der Waals surface area (Å²) in [4.78, 5) is 0. The Hall–Kier alpha value is -0.600. The van der Waals surface area contributed by atoms with Crippen LogP contribution in [0.2, 0.25) is 0 Å². The quantitative estimate of drug-likeness (QED) is 0.458. The van der Waals surface area contributed by atoms with E-state index in [1.165, 1.54) is 0 Å². The van der Waals surface area contributed by atoms with Crippen molar-refractivity contribution in [1.29, 1.82) is 0 Å². The second kappa shape index (κ2) is 6.13. The largest absolute Gasteiger partial charge is 0.352 e. The highest BCUT2D eigenvalue weighted by Crippen LogP contribution is 2.07. The number of hydrogen-bond acceptors (Lipinski definition) is 2. The van der Waals surface area contributed by atoms with E-state index < -0.39 is 0 Å². The van der Waals surface area contributed by atoms with Crippen molar-refractivity contribution in [2.75, 3.05) is 14.2 Å². The van der Waals surface area contributed by atoms with Crippen LogP contribution in [0.4, 0.5) is 0 Å². The average molecular weight is 156 g/mol. The maximum absolute atomic E-state index is 5.06. The van der Waals surface area contributed by atoms with Gasteiger partial charge in [0, 0.05) is 19.8 Å². The van der Waals surface area contributed by atoms with E-state index >= 15 is 0 Å². The van der Waals surface area contributed by atoms with Crippen LogP contribution in [-0.4, -0.2) is 20.5 Å². The number of allylic oxidation sites excluding steroid dienone is 2. The van der Waals surface area contributed by atoms with Crippen molar-refractivity contribution in [3.8, 4) is 0 Å². The number of ether oxygens (including phenoxy) is 2. The number of rotatable bonds is 4. The molecule has 0 radical (unpaired) electrons. The van der Waals surface area contributed by atoms with Gasteiger partial charge in [0.05, 0.1) is 0 Å². The van der Waals surface area contributed by atoms with E-state index in [1.54, 1.807) is 14.2 Å². The van der Waals surface area contributed by atoms with Crippen molar-refractivity contribution < 1.29 is 9.47 Å². The van der Waals surface area contributed by atoms with Crippen LogP contribution in [0.15, 0.2) is 23.8 Å². The molecule has 64 valence electrons. The topological polar surface area (TPSA) is 18.5 Å². The number of methoxy groups -OCH3 is 2. The Labute approximate surface area is 68.5 Å². The first-order valence-electron chi connectivity index (χ1n) is 3.64. The maximum atomic E-state index is 5.06. The predicted molar refractivity (Wildman–Crippen MR) is 46.4 cm³/mol. The van der Waals surface area contributed by atoms with Crippen LogP contribution in [-0.2, 0) is 9.47 Å². The van der Waals surface area contributed by atoms with Gasteiger partial charge in [0.2, 0.25) is 0 Å². The van der Waals surface area contributed by atoms with Gasteiger partial charge in [0.1, 0.15) is 0 Å². The lowest BCUT2D eigenvalue weighted by molar-refractivity contribution is -0.0725. The molecule has 0 amide bonds. The van der Waals surface area contributed by atoms with E-state index in [-0.39, 0.29) is 6.29 Å². The van der Waals surface area contributed by atoms with Gasteiger partial charge in [-0.05, 0) is 13.8 Å². The minimum atomic E-state index is -0.240. The maximum Gasteiger partial charge on any atom is 0.182 e. The standard InChI is InChI=1S/C9H16O2/c1-5-7-8(6-2)9(10-3)11-4/h5-7,9H,1-4H3. The second-order valence-corrected chi connectivity index (χ2v) is 2.09. The highest BCUT2D eigenvalue weighted by Gasteiger charge is 2.06. The van der Waals surface area contributed by atoms with Gasteiger partial charge in [-0.2, -0.15) is 0 Å². The second-order valence-electron chi connectivity index (χ2n) is 2.09. The monoisotopic (exact) mass is 156 g/mol. The normalized spacial score (nSPS) is 13.4. The summed E-state index contributed by atoms with van der Waals surface area (Å²) in [7, 11) is 3.25. The van der Waals surface area contributed by atoms with Crippen LogP contribution in [0.25, 0.3) is 0 Å². The molecule has 2 heteroatoms. The SMILES string of the molecule is CC=CC(=CC)C(OC)OC. The van der Waals surface area contributed by atoms with Gasteiger partial charge in [0.25, 0.3) is 0 Å². The van der Waals surface area contributed by atoms with Crippen LogP contribution in [0.3, 0.4) is 0 Å². The summed E-state index contributed by atoms with van der Waals surface area (Å²) in [6.45, 7) is 3.92. The average Bonchev–Trinajstić information content (AvgIpc) is 2.05. The van der Waals surface area contributed by atoms with Crippen LogP contribution >= 0.6 is 0 Å². The lowest BCUT2D eigenvalue weighted by atomic mass is 10.2. The van der Waals surface area contributed by atoms with Gasteiger partial charge in [-0.25, -0.2) is 0 Å². The predicted octanol–water partition coefficient (Wildman–Crippen LogP) is 2.13. The Balaban J connectivity index is 4.22. The third kappa shape index (κ3) is 3.35. The van der Waals surface area contributed by atoms with Crippen molar-refractivity contribution in [2.24, 2.45) is 0 Å². The number of hydrogen-bond donors (Lipinski definition) is 0. The van der Waals surface area contributed by atoms with Gasteiger partial charge >= 0.3 is 0 Å². The zero-order valence-electron chi connectivity index (χ0n) is 7.63. The van der Waals surface area contributed by atoms with E-state index in [1.807, 2.05) is 32.1 Å². The lowest BCUT2D eigenvalue weighted by Crippen LogP contribution is -2.14. The molecule has 0 aromatic carbocycles. The molecule has 0 saturated carbocycles. The fraction of sp³-hybridized carbons (Fsp3) is 0.556. The van der Waals surface area contributed by atoms with Crippen LogP contribution in [0.5, 0.6) is 0 Å². The molecule has 11 heavy (non-hydrogen) atoms. The zero-order valence-corrected chi connectivity index (χ0v) is 7.63. The van der Waals surface area contributed by atoms with Gasteiger partial charge in [-0.1, -0.05) is 18.2 Å². The molecule has 0 rings (SSSR count). The molecule has 0 heterocycles. The third-order valence-corrected chi connectivity index (χ3v) is 1.39. The Bertz CT molecular complexity index is 144. The van der Waals surface area contributed by atoms with Gasteiger partial charge in [-0.15, -0.1) is 0 Å². The van der Waals surface area contributed by atoms with Crippen molar-refractivity contribution in [2.45, 2.75) is 20.1 Å². The summed E-state index contributed by atoms with van der Waals surface area (Å²) >= 11 is 0. The lowest BCUT2D eigenvalue weighted by Gasteiger charge is -2.13. The third-order valence-electron chi connectivity index (χ3n) is 1.39. The molecular formula is C9H16O2. The fourth-order valence-corrected chi connectivity index (χ4v) is 0.872. The first kappa shape index (κ1) is 10.4. The molecule has 0 aliphatic carbocycles. The summed E-state index contributed by atoms with van der Waals surface area (Å²) in [5.41, 5.74) is 1.04. The molecule has 0 aliphatic heterocycles. The van der Waals surface area contributed by atoms with E-state index in [2.05, 4.69) is 0 Å². The summed E-state index contributed by atoms with van der Waals surface area (Å²) in [6, 6.07) is 0. The Morgan fingerprint density at radius 3 is 2.00 bits per heavy atom. The highest BCUT2D eigenvalue weighted by molar-refractivity contribution is 5.19. The molecule has 0 N–H and O–H groups in total. The van der Waals surface area contributed by atoms with Crippen LogP contribution in [0, 0.1) is 0 Å². The summed E-state index contributed by atoms with van der Waals surface area (Å²) in [6.07, 6.45) is 5.66. The summed E-state index contributed by atoms with van der Waals surface area (Å²) in [5.74, 6) is 0. The first-order valence-corrected chi connectivity index (χ1v) is 3.64. The molecular weight excluding hydrogens is 140 g/mol. The van der Waals surface area contributed by atoms with Crippen molar-refractivity contribution in [3.63, 3.8) is 0 Å². The van der Waals surface area contributed by atoms with Gasteiger partial charge in [-0.3, -0.25) is 0 Å². The molecule has 0 saturated heterocycles. The van der Waals surface area contributed by atoms with Crippen molar-refractivity contribution >= 4 is 0 Å². The Morgan fingerprint density at radius 1 is 1.18 bits per heavy atom. The Kier molecular flexibility index (Phi) is 5.80.